The summed E-state index contributed by atoms with van der Waals surface area (Å²) in [7, 11) is 0. The Morgan fingerprint density at radius 1 is 1.60 bits per heavy atom. The molecule has 32 valence electrons. The van der Waals surface area contributed by atoms with Gasteiger partial charge in [0.25, 0.3) is 0 Å². The van der Waals surface area contributed by atoms with Gasteiger partial charge in [-0.3, -0.25) is 0 Å². The van der Waals surface area contributed by atoms with Crippen LogP contribution in [-0.2, 0) is 0 Å². The van der Waals surface area contributed by atoms with Crippen molar-refractivity contribution in [2.75, 3.05) is 0 Å². The maximum absolute atomic E-state index is 3.47. The molecular formula is C2H7AlBr2. The molecule has 4 radical (unpaired) electrons. The zero-order chi connectivity index (χ0) is 3.58. The molecule has 0 spiro atoms. The lowest BCUT2D eigenvalue weighted by molar-refractivity contribution is 1.77. The van der Waals surface area contributed by atoms with Crippen LogP contribution in [0.3, 0.4) is 0 Å². The van der Waals surface area contributed by atoms with Gasteiger partial charge in [0.05, 0.1) is 3.74 Å². The summed E-state index contributed by atoms with van der Waals surface area (Å²) in [5, 5.41) is 0. The Morgan fingerprint density at radius 3 is 1.60 bits per heavy atom. The first-order chi connectivity index (χ1) is 1.73. The highest BCUT2D eigenvalue weighted by Gasteiger charge is 1.74. The van der Waals surface area contributed by atoms with Gasteiger partial charge in [-0.1, -0.05) is 31.9 Å². The van der Waals surface area contributed by atoms with Gasteiger partial charge in [0.2, 0.25) is 0 Å². The fourth-order valence-corrected chi connectivity index (χ4v) is 0. The van der Waals surface area contributed by atoms with E-state index in [1.807, 2.05) is 0 Å². The average molecular weight is 218 g/mol. The second-order valence-electron chi connectivity index (χ2n) is 0.391. The summed E-state index contributed by atoms with van der Waals surface area (Å²) >= 11 is 6.15. The van der Waals surface area contributed by atoms with E-state index in [0.717, 1.165) is 0 Å². The van der Waals surface area contributed by atoms with E-state index in [9.17, 15) is 0 Å². The van der Waals surface area contributed by atoms with Gasteiger partial charge in [-0.15, -0.1) is 0 Å². The van der Waals surface area contributed by atoms with Crippen LogP contribution >= 0.6 is 31.9 Å². The first kappa shape index (κ1) is 9.70. The van der Waals surface area contributed by atoms with Crippen molar-refractivity contribution in [1.29, 1.82) is 0 Å². The van der Waals surface area contributed by atoms with E-state index in [0.29, 0.717) is 0 Å². The van der Waals surface area contributed by atoms with Crippen molar-refractivity contribution >= 4 is 49.2 Å². The average Bonchev–Trinajstić information content (AvgIpc) is 0.811. The minimum atomic E-state index is 0. The van der Waals surface area contributed by atoms with Gasteiger partial charge in [-0.2, -0.15) is 0 Å². The molecular weight excluding hydrogens is 211 g/mol. The molecule has 0 heterocycles. The Balaban J connectivity index is -0.0000000150. The summed E-state index contributed by atoms with van der Waals surface area (Å²) in [6, 6.07) is 0. The number of hydrogen-bond donors (Lipinski definition) is 0. The highest BCUT2D eigenvalue weighted by molar-refractivity contribution is 9.24. The highest BCUT2D eigenvalue weighted by Crippen LogP contribution is 2.02. The quantitative estimate of drug-likeness (QED) is 0.431. The third-order valence-corrected chi connectivity index (χ3v) is 0. The van der Waals surface area contributed by atoms with Gasteiger partial charge in [0.1, 0.15) is 0 Å². The van der Waals surface area contributed by atoms with Gasteiger partial charge < -0.3 is 0 Å². The Bertz CT molecular complexity index is 18.4. The molecule has 0 fully saturated rings. The molecule has 3 heteroatoms. The van der Waals surface area contributed by atoms with Crippen LogP contribution in [0.15, 0.2) is 0 Å². The van der Waals surface area contributed by atoms with E-state index < -0.39 is 0 Å². The molecule has 0 saturated carbocycles. The van der Waals surface area contributed by atoms with Crippen molar-refractivity contribution < 1.29 is 2.85 Å². The lowest BCUT2D eigenvalue weighted by Gasteiger charge is -1.73. The van der Waals surface area contributed by atoms with Crippen LogP contribution in [0.4, 0.5) is 0 Å². The Morgan fingerprint density at radius 2 is 1.60 bits per heavy atom. The lowest BCUT2D eigenvalue weighted by atomic mass is 11.0. The SMILES string of the molecule is [Al].[CH2]C(Br)Br.[HH].[HH]. The summed E-state index contributed by atoms with van der Waals surface area (Å²) in [5.74, 6) is 0. The molecule has 0 aromatic heterocycles. The van der Waals surface area contributed by atoms with E-state index in [1.54, 1.807) is 0 Å². The largest absolute Gasteiger partial charge is 0.0765 e. The fraction of sp³-hybridized carbons (Fsp3) is 0.500. The molecule has 0 aliphatic carbocycles. The molecule has 0 aromatic rings. The maximum atomic E-state index is 3.47. The van der Waals surface area contributed by atoms with Crippen LogP contribution < -0.4 is 0 Å². The summed E-state index contributed by atoms with van der Waals surface area (Å²) in [5.41, 5.74) is 0. The molecule has 0 saturated heterocycles. The summed E-state index contributed by atoms with van der Waals surface area (Å²) in [4.78, 5) is 0. The Kier molecular flexibility index (Phi) is 10.7. The summed E-state index contributed by atoms with van der Waals surface area (Å²) in [6.07, 6.45) is 0. The minimum absolute atomic E-state index is 0. The third-order valence-electron chi connectivity index (χ3n) is 0. The number of halogens is 2. The number of rotatable bonds is 0. The first-order valence-electron chi connectivity index (χ1n) is 0.845. The highest BCUT2D eigenvalue weighted by atomic mass is 79.9. The zero-order valence-electron chi connectivity index (χ0n) is 2.62. The van der Waals surface area contributed by atoms with Crippen molar-refractivity contribution in [3.05, 3.63) is 6.92 Å². The minimum Gasteiger partial charge on any atom is -0.0765 e. The second kappa shape index (κ2) is 5.49. The van der Waals surface area contributed by atoms with E-state index in [1.165, 1.54) is 0 Å². The first-order valence-corrected chi connectivity index (χ1v) is 2.68. The van der Waals surface area contributed by atoms with Crippen LogP contribution in [0, 0.1) is 6.92 Å². The molecule has 5 heavy (non-hydrogen) atoms. The monoisotopic (exact) mass is 216 g/mol. The number of hydrogen-bond acceptors (Lipinski definition) is 0. The summed E-state index contributed by atoms with van der Waals surface area (Å²) < 4.78 is 0.208. The molecule has 0 aromatic carbocycles. The molecule has 0 bridgehead atoms. The fourth-order valence-electron chi connectivity index (χ4n) is 0. The second-order valence-corrected chi connectivity index (χ2v) is 3.83. The van der Waals surface area contributed by atoms with Gasteiger partial charge in [0, 0.05) is 20.2 Å². The van der Waals surface area contributed by atoms with Crippen LogP contribution in [0.2, 0.25) is 0 Å². The predicted octanol–water partition coefficient (Wildman–Crippen LogP) is 2.05. The van der Waals surface area contributed by atoms with Crippen LogP contribution in [0.25, 0.3) is 0 Å². The van der Waals surface area contributed by atoms with Gasteiger partial charge in [-0.05, 0) is 6.92 Å². The van der Waals surface area contributed by atoms with Crippen molar-refractivity contribution in [1.82, 2.24) is 0 Å². The summed E-state index contributed by atoms with van der Waals surface area (Å²) in [6.45, 7) is 3.47. The number of alkyl halides is 2. The van der Waals surface area contributed by atoms with E-state index in [4.69, 9.17) is 0 Å². The van der Waals surface area contributed by atoms with E-state index in [-0.39, 0.29) is 24.0 Å². The van der Waals surface area contributed by atoms with Crippen LogP contribution in [0.1, 0.15) is 2.85 Å². The van der Waals surface area contributed by atoms with Crippen molar-refractivity contribution in [3.8, 4) is 0 Å². The zero-order valence-corrected chi connectivity index (χ0v) is 6.94. The molecule has 0 N–H and O–H groups in total. The lowest BCUT2D eigenvalue weighted by Crippen LogP contribution is -1.61. The topological polar surface area (TPSA) is 0 Å². The Labute approximate surface area is 62.7 Å². The van der Waals surface area contributed by atoms with Gasteiger partial charge >= 0.3 is 0 Å². The molecule has 0 nitrogen and oxygen atoms in total. The normalized spacial score (nSPS) is 7.20. The maximum Gasteiger partial charge on any atom is 0.0698 e. The molecule has 0 aliphatic heterocycles. The van der Waals surface area contributed by atoms with E-state index in [2.05, 4.69) is 38.8 Å². The van der Waals surface area contributed by atoms with Gasteiger partial charge in [-0.25, -0.2) is 0 Å². The molecule has 0 amide bonds. The van der Waals surface area contributed by atoms with Gasteiger partial charge in [0.15, 0.2) is 0 Å². The molecule has 0 aliphatic rings. The smallest absolute Gasteiger partial charge is 0.0698 e. The van der Waals surface area contributed by atoms with Crippen LogP contribution in [0.5, 0.6) is 0 Å². The molecule has 0 unspecified atom stereocenters. The van der Waals surface area contributed by atoms with E-state index >= 15 is 0 Å². The standard InChI is InChI=1S/C2H3Br2.Al.2H2/c1-2(3)4;;;/h2H,1H2;;2*1H. The Hall–Kier alpha value is 1.49. The van der Waals surface area contributed by atoms with Crippen molar-refractivity contribution in [2.45, 2.75) is 3.74 Å². The van der Waals surface area contributed by atoms with Crippen LogP contribution in [-0.4, -0.2) is 21.1 Å². The molecule has 0 rings (SSSR count). The van der Waals surface area contributed by atoms with Crippen molar-refractivity contribution in [3.63, 3.8) is 0 Å². The third kappa shape index (κ3) is 30.1. The predicted molar refractivity (Wildman–Crippen MR) is 37.0 cm³/mol. The van der Waals surface area contributed by atoms with Crippen molar-refractivity contribution in [2.24, 2.45) is 0 Å². The molecule has 0 atom stereocenters.